The van der Waals surface area contributed by atoms with Crippen LogP contribution in [-0.2, 0) is 10.5 Å². The standard InChI is InChI=1S/C21H19ClN6OS2/c1-13-9-14(2)19(18(22)10-13)27(15(3)29)20-23-16(11-30-20)12-31-21-24-25-26-28(21)17-7-5-4-6-8-17/h4-11H,12H2,1-3H3. The Morgan fingerprint density at radius 2 is 2.00 bits per heavy atom. The largest absolute Gasteiger partial charge is 0.274 e. The Bertz CT molecular complexity index is 1200. The van der Waals surface area contributed by atoms with Crippen molar-refractivity contribution in [2.24, 2.45) is 0 Å². The molecule has 31 heavy (non-hydrogen) atoms. The number of anilines is 2. The number of hydrogen-bond donors (Lipinski definition) is 0. The molecular weight excluding hydrogens is 452 g/mol. The second-order valence-corrected chi connectivity index (χ2v) is 9.07. The minimum Gasteiger partial charge on any atom is -0.274 e. The van der Waals surface area contributed by atoms with Crippen LogP contribution in [0.15, 0.2) is 53.0 Å². The Hall–Kier alpha value is -2.75. The highest BCUT2D eigenvalue weighted by Crippen LogP contribution is 2.38. The number of nitrogens with zero attached hydrogens (tertiary/aromatic N) is 6. The first kappa shape index (κ1) is 21.5. The first-order chi connectivity index (χ1) is 14.9. The summed E-state index contributed by atoms with van der Waals surface area (Å²) in [5, 5.41) is 15.7. The van der Waals surface area contributed by atoms with Gasteiger partial charge in [-0.3, -0.25) is 9.69 Å². The number of thioether (sulfide) groups is 1. The van der Waals surface area contributed by atoms with Crippen molar-refractivity contribution < 1.29 is 4.79 Å². The number of carbonyl (C=O) groups excluding carboxylic acids is 1. The number of hydrogen-bond acceptors (Lipinski definition) is 7. The Morgan fingerprint density at radius 3 is 2.71 bits per heavy atom. The minimum atomic E-state index is -0.143. The normalized spacial score (nSPS) is 11.0. The summed E-state index contributed by atoms with van der Waals surface area (Å²) in [4.78, 5) is 18.7. The molecule has 0 bridgehead atoms. The van der Waals surface area contributed by atoms with Gasteiger partial charge in [0.25, 0.3) is 0 Å². The maximum Gasteiger partial charge on any atom is 0.230 e. The number of para-hydroxylation sites is 1. The third-order valence-electron chi connectivity index (χ3n) is 4.46. The van der Waals surface area contributed by atoms with Gasteiger partial charge in [-0.05, 0) is 53.6 Å². The summed E-state index contributed by atoms with van der Waals surface area (Å²) in [6, 6.07) is 13.6. The summed E-state index contributed by atoms with van der Waals surface area (Å²) in [6.45, 7) is 5.43. The molecule has 10 heteroatoms. The third kappa shape index (κ3) is 4.63. The fourth-order valence-corrected chi connectivity index (χ4v) is 5.35. The molecule has 0 fully saturated rings. The van der Waals surface area contributed by atoms with E-state index in [0.717, 1.165) is 22.5 Å². The van der Waals surface area contributed by atoms with Gasteiger partial charge in [-0.1, -0.05) is 47.6 Å². The summed E-state index contributed by atoms with van der Waals surface area (Å²) in [6.07, 6.45) is 0. The smallest absolute Gasteiger partial charge is 0.230 e. The van der Waals surface area contributed by atoms with Gasteiger partial charge >= 0.3 is 0 Å². The Kier molecular flexibility index (Phi) is 6.35. The zero-order valence-corrected chi connectivity index (χ0v) is 19.5. The number of aryl methyl sites for hydroxylation is 2. The van der Waals surface area contributed by atoms with Gasteiger partial charge in [-0.25, -0.2) is 4.98 Å². The van der Waals surface area contributed by atoms with Gasteiger partial charge in [0.2, 0.25) is 11.1 Å². The van der Waals surface area contributed by atoms with Crippen LogP contribution in [0.3, 0.4) is 0 Å². The molecule has 0 radical (unpaired) electrons. The van der Waals surface area contributed by atoms with Crippen LogP contribution in [0.1, 0.15) is 23.7 Å². The molecule has 2 aromatic carbocycles. The molecular formula is C21H19ClN6OS2. The number of carbonyl (C=O) groups is 1. The summed E-state index contributed by atoms with van der Waals surface area (Å²) < 4.78 is 1.69. The summed E-state index contributed by atoms with van der Waals surface area (Å²) in [5.74, 6) is 0.422. The molecule has 0 N–H and O–H groups in total. The maximum atomic E-state index is 12.5. The minimum absolute atomic E-state index is 0.143. The molecule has 0 aliphatic heterocycles. The van der Waals surface area contributed by atoms with E-state index in [2.05, 4.69) is 20.5 Å². The lowest BCUT2D eigenvalue weighted by Gasteiger charge is -2.22. The van der Waals surface area contributed by atoms with Crippen molar-refractivity contribution in [3.63, 3.8) is 0 Å². The highest BCUT2D eigenvalue weighted by Gasteiger charge is 2.23. The van der Waals surface area contributed by atoms with E-state index >= 15 is 0 Å². The third-order valence-corrected chi connectivity index (χ3v) is 6.57. The summed E-state index contributed by atoms with van der Waals surface area (Å²) >= 11 is 9.37. The van der Waals surface area contributed by atoms with E-state index < -0.39 is 0 Å². The summed E-state index contributed by atoms with van der Waals surface area (Å²) in [7, 11) is 0. The van der Waals surface area contributed by atoms with E-state index in [4.69, 9.17) is 11.6 Å². The molecule has 4 aromatic rings. The predicted octanol–water partition coefficient (Wildman–Crippen LogP) is 5.37. The highest BCUT2D eigenvalue weighted by atomic mass is 35.5. The van der Waals surface area contributed by atoms with Gasteiger partial charge in [0.1, 0.15) is 0 Å². The molecule has 158 valence electrons. The average Bonchev–Trinajstić information content (AvgIpc) is 3.38. The molecule has 1 amide bonds. The van der Waals surface area contributed by atoms with Crippen LogP contribution in [-0.4, -0.2) is 31.1 Å². The molecule has 0 aliphatic carbocycles. The van der Waals surface area contributed by atoms with E-state index in [0.29, 0.717) is 26.8 Å². The number of benzene rings is 2. The Balaban J connectivity index is 1.56. The van der Waals surface area contributed by atoms with Crippen LogP contribution in [0.4, 0.5) is 10.8 Å². The monoisotopic (exact) mass is 470 g/mol. The van der Waals surface area contributed by atoms with Crippen molar-refractivity contribution in [2.45, 2.75) is 31.7 Å². The van der Waals surface area contributed by atoms with Gasteiger partial charge in [-0.15, -0.1) is 16.4 Å². The fourth-order valence-electron chi connectivity index (χ4n) is 3.18. The van der Waals surface area contributed by atoms with Crippen molar-refractivity contribution in [2.75, 3.05) is 4.90 Å². The number of tetrazole rings is 1. The van der Waals surface area contributed by atoms with Crippen molar-refractivity contribution >= 4 is 51.4 Å². The van der Waals surface area contributed by atoms with Crippen LogP contribution in [0.5, 0.6) is 0 Å². The van der Waals surface area contributed by atoms with Crippen molar-refractivity contribution in [3.8, 4) is 5.69 Å². The number of amides is 1. The lowest BCUT2D eigenvalue weighted by atomic mass is 10.1. The van der Waals surface area contributed by atoms with Gasteiger partial charge in [0.15, 0.2) is 5.13 Å². The molecule has 0 spiro atoms. The molecule has 7 nitrogen and oxygen atoms in total. The quantitative estimate of drug-likeness (QED) is 0.353. The molecule has 0 unspecified atom stereocenters. The second kappa shape index (κ2) is 9.17. The van der Waals surface area contributed by atoms with Gasteiger partial charge in [0, 0.05) is 18.1 Å². The Morgan fingerprint density at radius 1 is 1.23 bits per heavy atom. The first-order valence-electron chi connectivity index (χ1n) is 9.42. The van der Waals surface area contributed by atoms with Crippen LogP contribution in [0, 0.1) is 13.8 Å². The van der Waals surface area contributed by atoms with E-state index in [1.165, 1.54) is 30.0 Å². The van der Waals surface area contributed by atoms with Gasteiger partial charge in [-0.2, -0.15) is 4.68 Å². The second-order valence-electron chi connectivity index (χ2n) is 6.89. The lowest BCUT2D eigenvalue weighted by molar-refractivity contribution is -0.115. The SMILES string of the molecule is CC(=O)N(c1nc(CSc2nnnn2-c2ccccc2)cs1)c1c(C)cc(C)cc1Cl. The van der Waals surface area contributed by atoms with Crippen LogP contribution < -0.4 is 4.90 Å². The fraction of sp³-hybridized carbons (Fsp3) is 0.190. The number of rotatable bonds is 6. The van der Waals surface area contributed by atoms with E-state index in [-0.39, 0.29) is 5.91 Å². The maximum absolute atomic E-state index is 12.5. The number of thiazole rings is 1. The topological polar surface area (TPSA) is 76.8 Å². The van der Waals surface area contributed by atoms with E-state index in [9.17, 15) is 4.79 Å². The molecule has 2 aromatic heterocycles. The first-order valence-corrected chi connectivity index (χ1v) is 11.7. The van der Waals surface area contributed by atoms with Crippen molar-refractivity contribution in [1.82, 2.24) is 25.2 Å². The Labute approximate surface area is 193 Å². The average molecular weight is 471 g/mol. The van der Waals surface area contributed by atoms with E-state index in [1.807, 2.05) is 61.7 Å². The number of halogens is 1. The van der Waals surface area contributed by atoms with Gasteiger partial charge < -0.3 is 0 Å². The number of aromatic nitrogens is 5. The molecule has 0 saturated heterocycles. The van der Waals surface area contributed by atoms with Gasteiger partial charge in [0.05, 0.1) is 22.1 Å². The van der Waals surface area contributed by atoms with Crippen molar-refractivity contribution in [1.29, 1.82) is 0 Å². The lowest BCUT2D eigenvalue weighted by Crippen LogP contribution is -2.24. The predicted molar refractivity (Wildman–Crippen MR) is 125 cm³/mol. The molecule has 0 aliphatic rings. The zero-order chi connectivity index (χ0) is 22.0. The summed E-state index contributed by atoms with van der Waals surface area (Å²) in [5.41, 5.74) is 4.36. The molecule has 4 rings (SSSR count). The molecule has 2 heterocycles. The van der Waals surface area contributed by atoms with Crippen LogP contribution in [0.2, 0.25) is 5.02 Å². The highest BCUT2D eigenvalue weighted by molar-refractivity contribution is 7.98. The van der Waals surface area contributed by atoms with E-state index in [1.54, 1.807) is 9.58 Å². The van der Waals surface area contributed by atoms with Crippen LogP contribution >= 0.6 is 34.7 Å². The zero-order valence-electron chi connectivity index (χ0n) is 17.1. The molecule has 0 saturated carbocycles. The van der Waals surface area contributed by atoms with Crippen molar-refractivity contribution in [3.05, 3.63) is 69.7 Å². The molecule has 0 atom stereocenters. The van der Waals surface area contributed by atoms with Crippen LogP contribution in [0.25, 0.3) is 5.69 Å².